The molecule has 0 N–H and O–H groups in total. The van der Waals surface area contributed by atoms with Gasteiger partial charge < -0.3 is 4.90 Å². The van der Waals surface area contributed by atoms with Crippen molar-refractivity contribution < 1.29 is 0 Å². The van der Waals surface area contributed by atoms with Crippen LogP contribution in [0.2, 0.25) is 0 Å². The van der Waals surface area contributed by atoms with Crippen molar-refractivity contribution in [3.05, 3.63) is 197 Å². The molecule has 8 aromatic carbocycles. The van der Waals surface area contributed by atoms with Crippen LogP contribution in [0.15, 0.2) is 164 Å². The van der Waals surface area contributed by atoms with Gasteiger partial charge in [0.1, 0.15) is 0 Å². The molecule has 1 heteroatoms. The minimum absolute atomic E-state index is 0.0807. The summed E-state index contributed by atoms with van der Waals surface area (Å²) in [6, 6.07) is 62.2. The molecule has 0 radical (unpaired) electrons. The van der Waals surface area contributed by atoms with Crippen LogP contribution in [0.5, 0.6) is 0 Å². The van der Waals surface area contributed by atoms with Crippen LogP contribution >= 0.6 is 0 Å². The number of hydrogen-bond acceptors (Lipinski definition) is 1. The predicted octanol–water partition coefficient (Wildman–Crippen LogP) is 14.4. The number of hydrogen-bond donors (Lipinski definition) is 0. The second kappa shape index (κ2) is 11.5. The molecule has 0 bridgehead atoms. The predicted molar refractivity (Wildman–Crippen MR) is 230 cm³/mol. The van der Waals surface area contributed by atoms with E-state index in [9.17, 15) is 0 Å². The van der Waals surface area contributed by atoms with E-state index in [-0.39, 0.29) is 10.8 Å². The number of nitrogens with zero attached hydrogens (tertiary/aromatic N) is 1. The zero-order chi connectivity index (χ0) is 37.0. The summed E-state index contributed by atoms with van der Waals surface area (Å²) in [5, 5.41) is 5.08. The monoisotopic (exact) mass is 695 g/mol. The largest absolute Gasteiger partial charge is 0.310 e. The maximum absolute atomic E-state index is 2.52. The van der Waals surface area contributed by atoms with Crippen LogP contribution in [-0.2, 0) is 16.2 Å². The van der Waals surface area contributed by atoms with Crippen LogP contribution in [-0.4, -0.2) is 0 Å². The van der Waals surface area contributed by atoms with Gasteiger partial charge in [-0.05, 0) is 137 Å². The van der Waals surface area contributed by atoms with Crippen molar-refractivity contribution >= 4 is 38.6 Å². The van der Waals surface area contributed by atoms with Gasteiger partial charge in [-0.15, -0.1) is 0 Å². The van der Waals surface area contributed by atoms with Gasteiger partial charge in [-0.25, -0.2) is 0 Å². The van der Waals surface area contributed by atoms with Crippen molar-refractivity contribution in [2.45, 2.75) is 57.8 Å². The van der Waals surface area contributed by atoms with Gasteiger partial charge in [-0.2, -0.15) is 0 Å². The Balaban J connectivity index is 1.23. The van der Waals surface area contributed by atoms with Crippen molar-refractivity contribution in [2.75, 3.05) is 4.90 Å². The van der Waals surface area contributed by atoms with Gasteiger partial charge in [0.2, 0.25) is 0 Å². The number of rotatable bonds is 3. The molecule has 0 fully saturated rings. The van der Waals surface area contributed by atoms with E-state index in [1.165, 1.54) is 77.2 Å². The molecule has 0 saturated carbocycles. The average molecular weight is 696 g/mol. The van der Waals surface area contributed by atoms with Crippen LogP contribution in [0.1, 0.15) is 74.9 Å². The van der Waals surface area contributed by atoms with Crippen molar-refractivity contribution in [2.24, 2.45) is 0 Å². The fraction of sp³-hybridized carbons (Fsp3) is 0.170. The summed E-state index contributed by atoms with van der Waals surface area (Å²) in [6.45, 7) is 13.7. The molecule has 0 aromatic heterocycles. The lowest BCUT2D eigenvalue weighted by atomic mass is 9.70. The first-order chi connectivity index (χ1) is 26.0. The molecule has 54 heavy (non-hydrogen) atoms. The molecular formula is C53H45N. The average Bonchev–Trinajstić information content (AvgIpc) is 3.64. The maximum Gasteiger partial charge on any atom is 0.0725 e. The highest BCUT2D eigenvalue weighted by atomic mass is 15.1. The third kappa shape index (κ3) is 4.70. The van der Waals surface area contributed by atoms with Crippen LogP contribution in [0.25, 0.3) is 43.8 Å². The normalized spacial score (nSPS) is 13.9. The van der Waals surface area contributed by atoms with Crippen LogP contribution in [0.3, 0.4) is 0 Å². The first-order valence-electron chi connectivity index (χ1n) is 19.3. The van der Waals surface area contributed by atoms with Gasteiger partial charge in [-0.1, -0.05) is 157 Å². The van der Waals surface area contributed by atoms with E-state index in [0.29, 0.717) is 0 Å². The number of fused-ring (bicyclic) bond motifs is 13. The molecule has 8 aromatic rings. The second-order valence-electron chi connectivity index (χ2n) is 17.4. The quantitative estimate of drug-likeness (QED) is 0.178. The Morgan fingerprint density at radius 1 is 0.370 bits per heavy atom. The molecule has 262 valence electrons. The van der Waals surface area contributed by atoms with E-state index in [0.717, 1.165) is 17.1 Å². The second-order valence-corrected chi connectivity index (χ2v) is 17.4. The fourth-order valence-electron chi connectivity index (χ4n) is 9.44. The smallest absolute Gasteiger partial charge is 0.0725 e. The highest BCUT2D eigenvalue weighted by molar-refractivity contribution is 6.09. The maximum atomic E-state index is 2.52. The highest BCUT2D eigenvalue weighted by Crippen LogP contribution is 2.64. The van der Waals surface area contributed by atoms with Gasteiger partial charge in [-0.3, -0.25) is 0 Å². The van der Waals surface area contributed by atoms with E-state index in [1.807, 2.05) is 0 Å². The molecule has 0 amide bonds. The Morgan fingerprint density at radius 3 is 1.48 bits per heavy atom. The molecule has 0 heterocycles. The van der Waals surface area contributed by atoms with Gasteiger partial charge in [0.05, 0.1) is 5.41 Å². The Hall–Kier alpha value is -5.92. The van der Waals surface area contributed by atoms with Crippen LogP contribution < -0.4 is 4.90 Å². The fourth-order valence-corrected chi connectivity index (χ4v) is 9.44. The Bertz CT molecular complexity index is 2670. The minimum atomic E-state index is -0.405. The summed E-state index contributed by atoms with van der Waals surface area (Å²) >= 11 is 0. The van der Waals surface area contributed by atoms with Crippen molar-refractivity contribution in [3.63, 3.8) is 0 Å². The molecule has 0 aliphatic heterocycles. The SMILES string of the molecule is CC(C)(C)c1ccc(N(c2ccc(C(C)(C)C)cc2)c2ccc3cc4c(cc3c2)C2(c3ccccc3-c3ccccc32)c2ccc3ccccc3c2-4)cc1. The third-order valence-electron chi connectivity index (χ3n) is 12.2. The minimum Gasteiger partial charge on any atom is -0.310 e. The number of benzene rings is 8. The lowest BCUT2D eigenvalue weighted by Gasteiger charge is -2.31. The van der Waals surface area contributed by atoms with E-state index in [2.05, 4.69) is 210 Å². The summed E-state index contributed by atoms with van der Waals surface area (Å²) in [6.07, 6.45) is 0. The summed E-state index contributed by atoms with van der Waals surface area (Å²) in [5.74, 6) is 0. The number of anilines is 3. The molecule has 10 rings (SSSR count). The molecule has 0 unspecified atom stereocenters. The van der Waals surface area contributed by atoms with Gasteiger partial charge >= 0.3 is 0 Å². The molecule has 2 aliphatic carbocycles. The highest BCUT2D eigenvalue weighted by Gasteiger charge is 2.52. The van der Waals surface area contributed by atoms with Crippen molar-refractivity contribution in [1.82, 2.24) is 0 Å². The molecule has 0 saturated heterocycles. The Labute approximate surface area is 319 Å². The summed E-state index contributed by atoms with van der Waals surface area (Å²) < 4.78 is 0. The first-order valence-corrected chi connectivity index (χ1v) is 19.3. The third-order valence-corrected chi connectivity index (χ3v) is 12.2. The molecule has 2 aliphatic rings. The molecule has 1 nitrogen and oxygen atoms in total. The van der Waals surface area contributed by atoms with Crippen molar-refractivity contribution in [3.8, 4) is 22.3 Å². The standard InChI is InChI=1S/C53H45N/c1-51(2,3)37-21-26-39(27-22-37)54(40-28-23-38(24-29-40)52(4,5)6)41-25-19-35-32-45-49(33-36(35)31-41)53(48-30-20-34-13-7-8-14-42(34)50(45)48)46-17-11-9-15-43(46)44-16-10-12-18-47(44)53/h7-33H,1-6H3. The first kappa shape index (κ1) is 32.7. The topological polar surface area (TPSA) is 3.24 Å². The summed E-state index contributed by atoms with van der Waals surface area (Å²) in [5.41, 5.74) is 16.7. The lowest BCUT2D eigenvalue weighted by Crippen LogP contribution is -2.25. The lowest BCUT2D eigenvalue weighted by molar-refractivity contribution is 0.590. The zero-order valence-electron chi connectivity index (χ0n) is 32.0. The zero-order valence-corrected chi connectivity index (χ0v) is 32.0. The van der Waals surface area contributed by atoms with Gasteiger partial charge in [0.25, 0.3) is 0 Å². The Morgan fingerprint density at radius 2 is 0.889 bits per heavy atom. The van der Waals surface area contributed by atoms with Gasteiger partial charge in [0.15, 0.2) is 0 Å². The van der Waals surface area contributed by atoms with Gasteiger partial charge in [0, 0.05) is 17.1 Å². The molecule has 0 atom stereocenters. The Kier molecular flexibility index (Phi) is 6.99. The molecule has 1 spiro atoms. The van der Waals surface area contributed by atoms with Crippen LogP contribution in [0.4, 0.5) is 17.1 Å². The van der Waals surface area contributed by atoms with E-state index < -0.39 is 5.41 Å². The van der Waals surface area contributed by atoms with E-state index >= 15 is 0 Å². The molecular weight excluding hydrogens is 651 g/mol. The van der Waals surface area contributed by atoms with Crippen molar-refractivity contribution in [1.29, 1.82) is 0 Å². The van der Waals surface area contributed by atoms with E-state index in [1.54, 1.807) is 0 Å². The van der Waals surface area contributed by atoms with E-state index in [4.69, 9.17) is 0 Å². The summed E-state index contributed by atoms with van der Waals surface area (Å²) in [7, 11) is 0. The summed E-state index contributed by atoms with van der Waals surface area (Å²) in [4.78, 5) is 2.42. The van der Waals surface area contributed by atoms with Crippen LogP contribution in [0, 0.1) is 0 Å².